The van der Waals surface area contributed by atoms with Gasteiger partial charge in [0.2, 0.25) is 0 Å². The van der Waals surface area contributed by atoms with E-state index >= 15 is 0 Å². The number of anilines is 1. The third-order valence-corrected chi connectivity index (χ3v) is 5.41. The zero-order valence-corrected chi connectivity index (χ0v) is 15.7. The topological polar surface area (TPSA) is 54.5 Å². The van der Waals surface area contributed by atoms with E-state index in [9.17, 15) is 4.79 Å². The summed E-state index contributed by atoms with van der Waals surface area (Å²) in [5, 5.41) is 6.04. The molecule has 1 aromatic heterocycles. The summed E-state index contributed by atoms with van der Waals surface area (Å²) in [6, 6.07) is 18.1. The molecule has 1 saturated heterocycles. The molecule has 27 heavy (non-hydrogen) atoms. The van der Waals surface area contributed by atoms with E-state index in [2.05, 4.69) is 27.3 Å². The van der Waals surface area contributed by atoms with Crippen LogP contribution in [0.2, 0.25) is 0 Å². The first-order chi connectivity index (χ1) is 13.3. The molecule has 1 amide bonds. The van der Waals surface area contributed by atoms with E-state index in [1.807, 2.05) is 54.0 Å². The molecule has 2 heterocycles. The second-order valence-electron chi connectivity index (χ2n) is 6.49. The van der Waals surface area contributed by atoms with Gasteiger partial charge in [0.25, 0.3) is 5.91 Å². The van der Waals surface area contributed by atoms with Crippen molar-refractivity contribution in [2.75, 3.05) is 24.6 Å². The molecule has 0 radical (unpaired) electrons. The molecule has 1 N–H and O–H groups in total. The standard InChI is InChI=1S/C21H21N3O2S/c25-20(23-18-10-12-24(14-18)21-22-11-13-27-21)15-26-19-8-6-17(7-9-19)16-4-2-1-3-5-16/h1-9,11,13,18H,10,12,14-15H2,(H,23,25). The van der Waals surface area contributed by atoms with Crippen LogP contribution in [0.5, 0.6) is 5.75 Å². The van der Waals surface area contributed by atoms with Crippen LogP contribution < -0.4 is 15.0 Å². The Morgan fingerprint density at radius 2 is 1.93 bits per heavy atom. The zero-order valence-electron chi connectivity index (χ0n) is 14.9. The zero-order chi connectivity index (χ0) is 18.5. The molecule has 0 aliphatic carbocycles. The summed E-state index contributed by atoms with van der Waals surface area (Å²) in [5.74, 6) is 0.605. The number of benzene rings is 2. The Kier molecular flexibility index (Phi) is 5.34. The lowest BCUT2D eigenvalue weighted by Gasteiger charge is -2.16. The lowest BCUT2D eigenvalue weighted by Crippen LogP contribution is -2.39. The summed E-state index contributed by atoms with van der Waals surface area (Å²) in [6.45, 7) is 1.74. The minimum Gasteiger partial charge on any atom is -0.484 e. The Hall–Kier alpha value is -2.86. The van der Waals surface area contributed by atoms with Crippen LogP contribution in [-0.2, 0) is 4.79 Å². The van der Waals surface area contributed by atoms with Crippen molar-refractivity contribution in [3.63, 3.8) is 0 Å². The predicted molar refractivity (Wildman–Crippen MR) is 108 cm³/mol. The highest BCUT2D eigenvalue weighted by atomic mass is 32.1. The van der Waals surface area contributed by atoms with Gasteiger partial charge in [-0.15, -0.1) is 11.3 Å². The number of carbonyl (C=O) groups is 1. The first-order valence-electron chi connectivity index (χ1n) is 9.00. The van der Waals surface area contributed by atoms with Crippen LogP contribution in [0.1, 0.15) is 6.42 Å². The average molecular weight is 379 g/mol. The van der Waals surface area contributed by atoms with Crippen LogP contribution in [0.15, 0.2) is 66.2 Å². The van der Waals surface area contributed by atoms with Gasteiger partial charge in [0, 0.05) is 30.7 Å². The quantitative estimate of drug-likeness (QED) is 0.711. The number of ether oxygens (including phenoxy) is 1. The molecule has 1 aliphatic heterocycles. The van der Waals surface area contributed by atoms with Crippen molar-refractivity contribution < 1.29 is 9.53 Å². The van der Waals surface area contributed by atoms with Crippen LogP contribution in [0.25, 0.3) is 11.1 Å². The highest BCUT2D eigenvalue weighted by Gasteiger charge is 2.25. The van der Waals surface area contributed by atoms with Gasteiger partial charge in [-0.1, -0.05) is 42.5 Å². The Morgan fingerprint density at radius 3 is 2.67 bits per heavy atom. The van der Waals surface area contributed by atoms with Gasteiger partial charge < -0.3 is 15.0 Å². The van der Waals surface area contributed by atoms with Crippen molar-refractivity contribution in [2.24, 2.45) is 0 Å². The van der Waals surface area contributed by atoms with E-state index in [1.165, 1.54) is 0 Å². The molecule has 2 aromatic carbocycles. The number of nitrogens with zero attached hydrogens (tertiary/aromatic N) is 2. The number of rotatable bonds is 6. The minimum atomic E-state index is -0.0897. The third kappa shape index (κ3) is 4.46. The summed E-state index contributed by atoms with van der Waals surface area (Å²) in [7, 11) is 0. The molecular weight excluding hydrogens is 358 g/mol. The van der Waals surface area contributed by atoms with E-state index in [4.69, 9.17) is 4.74 Å². The van der Waals surface area contributed by atoms with Gasteiger partial charge in [0.1, 0.15) is 5.75 Å². The highest BCUT2D eigenvalue weighted by molar-refractivity contribution is 7.13. The van der Waals surface area contributed by atoms with Crippen LogP contribution in [0.4, 0.5) is 5.13 Å². The highest BCUT2D eigenvalue weighted by Crippen LogP contribution is 2.23. The smallest absolute Gasteiger partial charge is 0.258 e. The van der Waals surface area contributed by atoms with Crippen molar-refractivity contribution in [1.29, 1.82) is 0 Å². The molecule has 3 aromatic rings. The van der Waals surface area contributed by atoms with Gasteiger partial charge in [0.05, 0.1) is 0 Å². The molecule has 1 unspecified atom stereocenters. The maximum atomic E-state index is 12.2. The van der Waals surface area contributed by atoms with Crippen LogP contribution in [-0.4, -0.2) is 36.6 Å². The summed E-state index contributed by atoms with van der Waals surface area (Å²) in [4.78, 5) is 18.7. The monoisotopic (exact) mass is 379 g/mol. The van der Waals surface area contributed by atoms with Crippen molar-refractivity contribution in [1.82, 2.24) is 10.3 Å². The Balaban J connectivity index is 1.25. The largest absolute Gasteiger partial charge is 0.484 e. The molecule has 1 fully saturated rings. The molecular formula is C21H21N3O2S. The SMILES string of the molecule is O=C(COc1ccc(-c2ccccc2)cc1)NC1CCN(c2nccs2)C1. The molecule has 0 saturated carbocycles. The Bertz CT molecular complexity index is 866. The van der Waals surface area contributed by atoms with Crippen LogP contribution in [0, 0.1) is 0 Å². The van der Waals surface area contributed by atoms with Crippen LogP contribution in [0.3, 0.4) is 0 Å². The number of thiazole rings is 1. The molecule has 1 atom stereocenters. The first-order valence-corrected chi connectivity index (χ1v) is 9.88. The van der Waals surface area contributed by atoms with E-state index in [0.717, 1.165) is 35.8 Å². The lowest BCUT2D eigenvalue weighted by atomic mass is 10.1. The number of nitrogens with one attached hydrogen (secondary N) is 1. The van der Waals surface area contributed by atoms with Gasteiger partial charge in [-0.05, 0) is 29.7 Å². The number of carbonyl (C=O) groups excluding carboxylic acids is 1. The second-order valence-corrected chi connectivity index (χ2v) is 7.37. The van der Waals surface area contributed by atoms with Crippen molar-refractivity contribution >= 4 is 22.4 Å². The van der Waals surface area contributed by atoms with E-state index in [0.29, 0.717) is 5.75 Å². The fourth-order valence-electron chi connectivity index (χ4n) is 3.22. The lowest BCUT2D eigenvalue weighted by molar-refractivity contribution is -0.123. The van der Waals surface area contributed by atoms with Gasteiger partial charge in [0.15, 0.2) is 11.7 Å². The van der Waals surface area contributed by atoms with Gasteiger partial charge in [-0.2, -0.15) is 0 Å². The first kappa shape index (κ1) is 17.5. The summed E-state index contributed by atoms with van der Waals surface area (Å²) in [6.07, 6.45) is 2.74. The fourth-order valence-corrected chi connectivity index (χ4v) is 3.90. The summed E-state index contributed by atoms with van der Waals surface area (Å²) >= 11 is 1.63. The van der Waals surface area contributed by atoms with E-state index in [-0.39, 0.29) is 18.6 Å². The molecule has 0 spiro atoms. The number of amides is 1. The van der Waals surface area contributed by atoms with Gasteiger partial charge in [-0.3, -0.25) is 4.79 Å². The van der Waals surface area contributed by atoms with Crippen molar-refractivity contribution in [3.05, 3.63) is 66.2 Å². The van der Waals surface area contributed by atoms with E-state index < -0.39 is 0 Å². The maximum Gasteiger partial charge on any atom is 0.258 e. The van der Waals surface area contributed by atoms with Crippen molar-refractivity contribution in [2.45, 2.75) is 12.5 Å². The molecule has 138 valence electrons. The Labute approximate surface area is 162 Å². The van der Waals surface area contributed by atoms with Crippen LogP contribution >= 0.6 is 11.3 Å². The molecule has 0 bridgehead atoms. The number of aromatic nitrogens is 1. The predicted octanol–water partition coefficient (Wildman–Crippen LogP) is 3.58. The molecule has 1 aliphatic rings. The average Bonchev–Trinajstić information content (AvgIpc) is 3.39. The summed E-state index contributed by atoms with van der Waals surface area (Å²) in [5.41, 5.74) is 2.29. The molecule has 4 rings (SSSR count). The molecule has 6 heteroatoms. The maximum absolute atomic E-state index is 12.2. The van der Waals surface area contributed by atoms with Gasteiger partial charge >= 0.3 is 0 Å². The normalized spacial score (nSPS) is 16.3. The van der Waals surface area contributed by atoms with E-state index in [1.54, 1.807) is 11.3 Å². The van der Waals surface area contributed by atoms with Crippen molar-refractivity contribution in [3.8, 4) is 16.9 Å². The molecule has 5 nitrogen and oxygen atoms in total. The second kappa shape index (κ2) is 8.22. The van der Waals surface area contributed by atoms with Gasteiger partial charge in [-0.25, -0.2) is 4.98 Å². The fraction of sp³-hybridized carbons (Fsp3) is 0.238. The minimum absolute atomic E-state index is 0.0262. The third-order valence-electron chi connectivity index (χ3n) is 4.57. The summed E-state index contributed by atoms with van der Waals surface area (Å²) < 4.78 is 5.63. The Morgan fingerprint density at radius 1 is 1.15 bits per heavy atom. The number of hydrogen-bond donors (Lipinski definition) is 1. The number of hydrogen-bond acceptors (Lipinski definition) is 5.